The van der Waals surface area contributed by atoms with Crippen molar-refractivity contribution in [1.82, 2.24) is 8.61 Å². The van der Waals surface area contributed by atoms with Gasteiger partial charge in [-0.25, -0.2) is 8.61 Å². The number of carbonyl (C=O) groups excluding carboxylic acids is 2. The molecule has 2 saturated heterocycles. The zero-order valence-corrected chi connectivity index (χ0v) is 36.1. The maximum absolute atomic E-state index is 12.6. The molecule has 2 amide bonds. The van der Waals surface area contributed by atoms with Crippen molar-refractivity contribution < 1.29 is 64.0 Å². The molecule has 0 aromatic rings. The fourth-order valence-corrected chi connectivity index (χ4v) is 8.02. The van der Waals surface area contributed by atoms with Gasteiger partial charge in [0.25, 0.3) is 0 Å². The maximum Gasteiger partial charge on any atom is 0.365 e. The van der Waals surface area contributed by atoms with E-state index in [-0.39, 0.29) is 20.0 Å². The minimum absolute atomic E-state index is 0.224. The molecule has 4 unspecified atom stereocenters. The molecular weight excluding hydrogens is 779 g/mol. The highest BCUT2D eigenvalue weighted by atomic mass is 32.2. The van der Waals surface area contributed by atoms with E-state index in [1.807, 2.05) is 0 Å². The summed E-state index contributed by atoms with van der Waals surface area (Å²) < 4.78 is 82.0. The summed E-state index contributed by atoms with van der Waals surface area (Å²) in [6, 6.07) is -2.14. The van der Waals surface area contributed by atoms with Gasteiger partial charge in [-0.05, 0) is 39.5 Å². The number of aliphatic hydroxyl groups excluding tert-OH is 2. The Bertz CT molecular complexity index is 1490. The maximum atomic E-state index is 12.6. The molecule has 18 heteroatoms. The number of carbonyl (C=O) groups is 2. The molecule has 0 aliphatic carbocycles. The monoisotopic (exact) mass is 846 g/mol. The van der Waals surface area contributed by atoms with E-state index in [0.717, 1.165) is 38.5 Å². The third-order valence-electron chi connectivity index (χ3n) is 8.74. The highest BCUT2D eigenvalue weighted by molar-refractivity contribution is 7.85. The number of halogens is 2. The summed E-state index contributed by atoms with van der Waals surface area (Å²) >= 11 is 0. The number of nitrogens with zero attached hydrogens (tertiary/aromatic N) is 2. The van der Waals surface area contributed by atoms with Gasteiger partial charge in [0.05, 0.1) is 49.8 Å². The topological polar surface area (TPSA) is 208 Å². The summed E-state index contributed by atoms with van der Waals surface area (Å²) in [5, 5.41) is 39.8. The molecule has 0 aromatic heterocycles. The van der Waals surface area contributed by atoms with Crippen molar-refractivity contribution >= 4 is 32.4 Å². The van der Waals surface area contributed by atoms with Gasteiger partial charge in [0.15, 0.2) is 0 Å². The summed E-state index contributed by atoms with van der Waals surface area (Å²) in [7, 11) is -8.48. The second-order valence-corrected chi connectivity index (χ2v) is 19.5. The molecule has 328 valence electrons. The number of hydrogen-bond acceptors (Lipinski definition) is 12. The van der Waals surface area contributed by atoms with Gasteiger partial charge in [0.1, 0.15) is 12.2 Å². The highest BCUT2D eigenvalue weighted by Gasteiger charge is 2.47. The van der Waals surface area contributed by atoms with Crippen LogP contribution in [0.5, 0.6) is 0 Å². The SMILES string of the molecule is C=CC(C)(O)CCCCCCF.C=C[C@H]1C(O)COS(=O)(=O)N1C(=O)C(C)(C)C.CC(O)(/C=C/[C@H]1C(O)COS(=O)(=O)N1C(=O)C(C)(C)C)CCCCCCF. The Morgan fingerprint density at radius 3 is 1.38 bits per heavy atom. The lowest BCUT2D eigenvalue weighted by Gasteiger charge is -2.38. The molecular formula is C38H68F2N2O12S2. The number of aliphatic hydroxyl groups is 4. The fourth-order valence-electron chi connectivity index (χ4n) is 5.18. The lowest BCUT2D eigenvalue weighted by molar-refractivity contribution is -0.139. The van der Waals surface area contributed by atoms with E-state index in [1.54, 1.807) is 61.5 Å². The molecule has 14 nitrogen and oxygen atoms in total. The molecule has 2 heterocycles. The number of unbranched alkanes of at least 4 members (excludes halogenated alkanes) is 6. The first-order chi connectivity index (χ1) is 25.5. The Balaban J connectivity index is 0.000000889. The van der Waals surface area contributed by atoms with E-state index in [1.165, 1.54) is 18.2 Å². The van der Waals surface area contributed by atoms with Crippen LogP contribution in [0.2, 0.25) is 0 Å². The molecule has 0 spiro atoms. The van der Waals surface area contributed by atoms with Gasteiger partial charge in [-0.1, -0.05) is 104 Å². The average Bonchev–Trinajstić information content (AvgIpc) is 3.08. The lowest BCUT2D eigenvalue weighted by Crippen LogP contribution is -2.58. The van der Waals surface area contributed by atoms with E-state index in [9.17, 15) is 55.6 Å². The Kier molecular flexibility index (Phi) is 22.4. The van der Waals surface area contributed by atoms with Crippen LogP contribution >= 0.6 is 0 Å². The molecule has 0 saturated carbocycles. The minimum atomic E-state index is -4.33. The molecule has 2 fully saturated rings. The quantitative estimate of drug-likeness (QED) is 0.120. The Hall–Kier alpha value is -2.32. The third kappa shape index (κ3) is 18.5. The molecule has 2 aliphatic rings. The van der Waals surface area contributed by atoms with Crippen LogP contribution in [-0.4, -0.2) is 120 Å². The van der Waals surface area contributed by atoms with Crippen LogP contribution in [0.25, 0.3) is 0 Å². The van der Waals surface area contributed by atoms with Gasteiger partial charge in [-0.2, -0.15) is 16.8 Å². The number of amides is 2. The van der Waals surface area contributed by atoms with Gasteiger partial charge in [0.2, 0.25) is 11.8 Å². The lowest BCUT2D eigenvalue weighted by atomic mass is 9.93. The molecule has 4 N–H and O–H groups in total. The van der Waals surface area contributed by atoms with Crippen molar-refractivity contribution in [1.29, 1.82) is 0 Å². The Labute approximate surface area is 334 Å². The van der Waals surface area contributed by atoms with Gasteiger partial charge < -0.3 is 20.4 Å². The molecule has 2 aliphatic heterocycles. The first-order valence-electron chi connectivity index (χ1n) is 18.9. The van der Waals surface area contributed by atoms with Gasteiger partial charge in [0, 0.05) is 10.8 Å². The van der Waals surface area contributed by atoms with Crippen molar-refractivity contribution in [3.05, 3.63) is 37.5 Å². The summed E-state index contributed by atoms with van der Waals surface area (Å²) in [6.07, 6.45) is 10.5. The number of rotatable bonds is 16. The van der Waals surface area contributed by atoms with E-state index in [0.29, 0.717) is 34.3 Å². The first-order valence-corrected chi connectivity index (χ1v) is 21.6. The Morgan fingerprint density at radius 1 is 0.661 bits per heavy atom. The van der Waals surface area contributed by atoms with Crippen LogP contribution in [0.3, 0.4) is 0 Å². The minimum Gasteiger partial charge on any atom is -0.388 e. The second kappa shape index (κ2) is 23.3. The third-order valence-corrected chi connectivity index (χ3v) is 11.4. The predicted octanol–water partition coefficient (Wildman–Crippen LogP) is 4.99. The van der Waals surface area contributed by atoms with Crippen molar-refractivity contribution in [2.45, 2.75) is 155 Å². The number of alkyl halides is 2. The van der Waals surface area contributed by atoms with Crippen LogP contribution in [0.4, 0.5) is 8.78 Å². The molecule has 2 rings (SSSR count). The van der Waals surface area contributed by atoms with E-state index >= 15 is 0 Å². The molecule has 0 aromatic carbocycles. The molecule has 56 heavy (non-hydrogen) atoms. The van der Waals surface area contributed by atoms with Crippen molar-refractivity contribution in [3.63, 3.8) is 0 Å². The molecule has 6 atom stereocenters. The fraction of sp³-hybridized carbons (Fsp3) is 0.789. The van der Waals surface area contributed by atoms with Crippen LogP contribution in [0.1, 0.15) is 120 Å². The van der Waals surface area contributed by atoms with Crippen molar-refractivity contribution in [3.8, 4) is 0 Å². The van der Waals surface area contributed by atoms with Crippen LogP contribution in [0, 0.1) is 10.8 Å². The highest BCUT2D eigenvalue weighted by Crippen LogP contribution is 2.30. The summed E-state index contributed by atoms with van der Waals surface area (Å²) in [5.74, 6) is -1.34. The van der Waals surface area contributed by atoms with E-state index in [4.69, 9.17) is 0 Å². The largest absolute Gasteiger partial charge is 0.388 e. The summed E-state index contributed by atoms with van der Waals surface area (Å²) in [4.78, 5) is 24.7. The van der Waals surface area contributed by atoms with Crippen molar-refractivity contribution in [2.75, 3.05) is 26.6 Å². The standard InChI is InChI=1S/C18H32FNO6S.C10H19FO.C10H17NO5S/c1-17(2,3)16(22)20-14(15(21)13-26-27(20,24)25)9-11-18(4,23)10-7-5-6-8-12-19;1-3-10(2,12)8-6-4-5-7-9-11;1-5-7-8(12)6-16-17(14,15)11(7)9(13)10(2,3)4/h9,11,14-15,21,23H,5-8,10,12-13H2,1-4H3;3,12H,1,4-9H2,2H3;5,7-8,12H,1,6H2,2-4H3/b11-9+;;/t14-,15?,18?;;7-,8?/m0.0/s1. The smallest absolute Gasteiger partial charge is 0.365 e. The first kappa shape index (κ1) is 53.7. The van der Waals surface area contributed by atoms with Gasteiger partial charge in [-0.15, -0.1) is 13.2 Å². The molecule has 0 radical (unpaired) electrons. The zero-order valence-electron chi connectivity index (χ0n) is 34.5. The summed E-state index contributed by atoms with van der Waals surface area (Å²) in [5.41, 5.74) is -3.88. The van der Waals surface area contributed by atoms with Crippen LogP contribution in [-0.2, 0) is 38.6 Å². The van der Waals surface area contributed by atoms with Crippen LogP contribution in [0.15, 0.2) is 37.5 Å². The molecule has 0 bridgehead atoms. The predicted molar refractivity (Wildman–Crippen MR) is 211 cm³/mol. The Morgan fingerprint density at radius 2 is 1.02 bits per heavy atom. The zero-order chi connectivity index (χ0) is 43.8. The van der Waals surface area contributed by atoms with Gasteiger partial charge in [-0.3, -0.25) is 26.7 Å². The van der Waals surface area contributed by atoms with E-state index < -0.39 is 85.4 Å². The van der Waals surface area contributed by atoms with E-state index in [2.05, 4.69) is 21.5 Å². The second-order valence-electron chi connectivity index (χ2n) is 16.5. The van der Waals surface area contributed by atoms with Gasteiger partial charge >= 0.3 is 20.6 Å². The summed E-state index contributed by atoms with van der Waals surface area (Å²) in [6.45, 7) is 18.4. The average molecular weight is 847 g/mol. The van der Waals surface area contributed by atoms with Crippen LogP contribution < -0.4 is 0 Å². The normalized spacial score (nSPS) is 24.4. The number of hydrogen-bond donors (Lipinski definition) is 4. The van der Waals surface area contributed by atoms with Crippen molar-refractivity contribution in [2.24, 2.45) is 10.8 Å².